The first-order valence-electron chi connectivity index (χ1n) is 16.9. The number of nitrogens with zero attached hydrogens (tertiary/aromatic N) is 1. The van der Waals surface area contributed by atoms with Gasteiger partial charge in [0.2, 0.25) is 0 Å². The lowest BCUT2D eigenvalue weighted by Gasteiger charge is -2.58. The Bertz CT molecular complexity index is 1090. The summed E-state index contributed by atoms with van der Waals surface area (Å²) in [5.41, 5.74) is -0.973. The van der Waals surface area contributed by atoms with Gasteiger partial charge in [-0.1, -0.05) is 115 Å². The van der Waals surface area contributed by atoms with E-state index in [1.165, 1.54) is 70.6 Å². The molecule has 2 bridgehead atoms. The van der Waals surface area contributed by atoms with Crippen molar-refractivity contribution >= 4 is 0 Å². The van der Waals surface area contributed by atoms with E-state index in [4.69, 9.17) is 7.48 Å². The summed E-state index contributed by atoms with van der Waals surface area (Å²) in [6.45, 7) is 2.99. The summed E-state index contributed by atoms with van der Waals surface area (Å²) < 4.78 is 34.3. The van der Waals surface area contributed by atoms with Crippen molar-refractivity contribution in [3.8, 4) is 11.5 Å². The first-order valence-corrected chi connectivity index (χ1v) is 15.4. The van der Waals surface area contributed by atoms with Crippen LogP contribution in [-0.2, 0) is 11.8 Å². The van der Waals surface area contributed by atoms with Gasteiger partial charge in [0.25, 0.3) is 0 Å². The van der Waals surface area contributed by atoms with Gasteiger partial charge < -0.3 is 19.8 Å². The maximum atomic E-state index is 12.2. The van der Waals surface area contributed by atoms with Gasteiger partial charge in [-0.3, -0.25) is 0 Å². The van der Waals surface area contributed by atoms with Crippen LogP contribution in [0.1, 0.15) is 125 Å². The molecule has 5 atom stereocenters. The Hall–Kier alpha value is -1.52. The predicted octanol–water partition coefficient (Wildman–Crippen LogP) is 7.44. The number of likely N-dealkylation sites (tertiary alicyclic amines) is 1. The highest BCUT2D eigenvalue weighted by Gasteiger charge is 2.67. The minimum absolute atomic E-state index is 0.0119. The Labute approximate surface area is 229 Å². The summed E-state index contributed by atoms with van der Waals surface area (Å²) in [7, 11) is 2.05. The van der Waals surface area contributed by atoms with Crippen molar-refractivity contribution in [2.45, 2.75) is 139 Å². The van der Waals surface area contributed by atoms with Crippen LogP contribution in [0.3, 0.4) is 0 Å². The SMILES string of the molecule is [2H]C1=C([2H])[C@@](O)(CCCCCCCCCCCCCCCC)[C@]2([2H])Oc3c(O)ccc4c3[C@@]23CCN(C)[C@H](C4)[C@H]13. The molecule has 2 N–H and O–H groups in total. The van der Waals surface area contributed by atoms with E-state index in [9.17, 15) is 11.6 Å². The van der Waals surface area contributed by atoms with Crippen molar-refractivity contribution < 1.29 is 19.1 Å². The van der Waals surface area contributed by atoms with Gasteiger partial charge in [-0.25, -0.2) is 0 Å². The van der Waals surface area contributed by atoms with Gasteiger partial charge in [0, 0.05) is 22.9 Å². The predicted molar refractivity (Wildman–Crippen MR) is 151 cm³/mol. The highest BCUT2D eigenvalue weighted by Crippen LogP contribution is 2.64. The summed E-state index contributed by atoms with van der Waals surface area (Å²) in [6.07, 6.45) is 16.9. The lowest BCUT2D eigenvalue weighted by Crippen LogP contribution is -2.67. The summed E-state index contributed by atoms with van der Waals surface area (Å²) in [6, 6.07) is 3.52. The van der Waals surface area contributed by atoms with E-state index >= 15 is 0 Å². The molecule has 4 aliphatic rings. The molecule has 1 fully saturated rings. The lowest BCUT2D eigenvalue weighted by molar-refractivity contribution is -0.102. The molecule has 0 aromatic heterocycles. The molecule has 4 nitrogen and oxygen atoms in total. The number of ether oxygens (including phenoxy) is 1. The fourth-order valence-corrected chi connectivity index (χ4v) is 7.65. The molecule has 206 valence electrons. The van der Waals surface area contributed by atoms with Crippen LogP contribution in [0.25, 0.3) is 0 Å². The molecule has 1 aromatic rings. The largest absolute Gasteiger partial charge is 0.504 e. The molecule has 0 radical (unpaired) electrons. The molecule has 1 spiro atoms. The molecule has 1 saturated heterocycles. The van der Waals surface area contributed by atoms with Crippen molar-refractivity contribution in [1.29, 1.82) is 0 Å². The lowest BCUT2D eigenvalue weighted by atomic mass is 9.51. The standard InChI is InChI=1S/C33H51NO3/c1-3-4-5-6-7-8-9-10-11-12-13-14-15-16-20-32(36)21-19-26-27-24-25-17-18-28(35)30-29(25)33(26,31(32)37-30)22-23-34(27)2/h17-19,21,26-27,31,35-36H,3-16,20,22-24H2,1-2H3/t26-,27+,31-,32-,33-/m0/s1/i19D,21D,31D. The first kappa shape index (κ1) is 23.4. The number of likely N-dealkylation sites (N-methyl/N-ethyl adjacent to an activating group) is 1. The number of phenolic OH excluding ortho intramolecular Hbond substituents is 1. The second-order valence-corrected chi connectivity index (χ2v) is 12.3. The number of phenols is 1. The van der Waals surface area contributed by atoms with E-state index < -0.39 is 23.0 Å². The molecule has 2 aliphatic carbocycles. The molecule has 4 heteroatoms. The van der Waals surface area contributed by atoms with Gasteiger partial charge in [-0.15, -0.1) is 0 Å². The summed E-state index contributed by atoms with van der Waals surface area (Å²) in [5.74, 6) is -0.118. The van der Waals surface area contributed by atoms with E-state index in [1.807, 2.05) is 6.07 Å². The molecule has 0 unspecified atom stereocenters. The number of aliphatic hydroxyl groups is 1. The molecule has 37 heavy (non-hydrogen) atoms. The van der Waals surface area contributed by atoms with Gasteiger partial charge in [0.05, 0.1) is 4.11 Å². The van der Waals surface area contributed by atoms with E-state index in [0.717, 1.165) is 30.5 Å². The highest BCUT2D eigenvalue weighted by molar-refractivity contribution is 5.62. The third-order valence-corrected chi connectivity index (χ3v) is 9.75. The van der Waals surface area contributed by atoms with Gasteiger partial charge in [0.1, 0.15) is 11.7 Å². The molecule has 0 amide bonds. The second kappa shape index (κ2) is 11.7. The molecule has 2 heterocycles. The van der Waals surface area contributed by atoms with Crippen molar-refractivity contribution in [1.82, 2.24) is 4.90 Å². The van der Waals surface area contributed by atoms with Crippen molar-refractivity contribution in [2.24, 2.45) is 5.92 Å². The van der Waals surface area contributed by atoms with E-state index in [0.29, 0.717) is 25.0 Å². The fraction of sp³-hybridized carbons (Fsp3) is 0.758. The smallest absolute Gasteiger partial charge is 0.165 e. The van der Waals surface area contributed by atoms with Crippen LogP contribution in [0.2, 0.25) is 0 Å². The zero-order valence-electron chi connectivity index (χ0n) is 26.3. The topological polar surface area (TPSA) is 52.9 Å². The molecule has 5 rings (SSSR count). The van der Waals surface area contributed by atoms with Gasteiger partial charge in [-0.2, -0.15) is 0 Å². The third-order valence-electron chi connectivity index (χ3n) is 9.75. The summed E-state index contributed by atoms with van der Waals surface area (Å²) in [4.78, 5) is 2.24. The average molecular weight is 513 g/mol. The Morgan fingerprint density at radius 1 is 1.00 bits per heavy atom. The fourth-order valence-electron chi connectivity index (χ4n) is 7.65. The van der Waals surface area contributed by atoms with Crippen LogP contribution in [0.15, 0.2) is 24.2 Å². The minimum atomic E-state index is -1.89. The van der Waals surface area contributed by atoms with Crippen molar-refractivity contribution in [3.63, 3.8) is 0 Å². The van der Waals surface area contributed by atoms with Crippen LogP contribution in [0.5, 0.6) is 11.5 Å². The van der Waals surface area contributed by atoms with Crippen molar-refractivity contribution in [2.75, 3.05) is 13.6 Å². The summed E-state index contributed by atoms with van der Waals surface area (Å²) >= 11 is 0. The Morgan fingerprint density at radius 2 is 1.62 bits per heavy atom. The quantitative estimate of drug-likeness (QED) is 0.189. The van der Waals surface area contributed by atoms with Crippen LogP contribution in [0.4, 0.5) is 0 Å². The number of aromatic hydroxyl groups is 1. The maximum Gasteiger partial charge on any atom is 0.165 e. The monoisotopic (exact) mass is 512 g/mol. The number of benzene rings is 1. The van der Waals surface area contributed by atoms with E-state index in [2.05, 4.69) is 18.9 Å². The number of rotatable bonds is 15. The van der Waals surface area contributed by atoms with Crippen LogP contribution in [0, 0.1) is 5.92 Å². The van der Waals surface area contributed by atoms with E-state index in [1.54, 1.807) is 6.07 Å². The van der Waals surface area contributed by atoms with Gasteiger partial charge in [0.15, 0.2) is 11.5 Å². The van der Waals surface area contributed by atoms with Crippen LogP contribution >= 0.6 is 0 Å². The zero-order valence-corrected chi connectivity index (χ0v) is 23.3. The second-order valence-electron chi connectivity index (χ2n) is 12.3. The number of hydrogen-bond donors (Lipinski definition) is 2. The Kier molecular flexibility index (Phi) is 7.39. The molecule has 1 aromatic carbocycles. The summed E-state index contributed by atoms with van der Waals surface area (Å²) in [5, 5.41) is 23.0. The normalized spacial score (nSPS) is 35.1. The molecule has 2 aliphatic heterocycles. The molecular weight excluding hydrogens is 458 g/mol. The Balaban J connectivity index is 1.20. The van der Waals surface area contributed by atoms with Gasteiger partial charge >= 0.3 is 0 Å². The van der Waals surface area contributed by atoms with Crippen LogP contribution in [-0.4, -0.2) is 46.4 Å². The first-order chi connectivity index (χ1) is 19.2. The van der Waals surface area contributed by atoms with Crippen LogP contribution < -0.4 is 4.74 Å². The van der Waals surface area contributed by atoms with Crippen molar-refractivity contribution in [3.05, 3.63) is 35.4 Å². The molecular formula is C33H51NO3. The molecule has 0 saturated carbocycles. The van der Waals surface area contributed by atoms with E-state index in [-0.39, 0.29) is 30.3 Å². The number of hydrogen-bond acceptors (Lipinski definition) is 4. The highest BCUT2D eigenvalue weighted by atomic mass is 16.5. The Morgan fingerprint density at radius 3 is 2.27 bits per heavy atom. The van der Waals surface area contributed by atoms with Gasteiger partial charge in [-0.05, 0) is 44.5 Å². The average Bonchev–Trinajstić information content (AvgIpc) is 3.22. The number of unbranched alkanes of at least 4 members (excludes halogenated alkanes) is 13. The maximum absolute atomic E-state index is 12.2. The third kappa shape index (κ3) is 5.10. The zero-order chi connectivity index (χ0) is 28.5. The number of piperidine rings is 1. The minimum Gasteiger partial charge on any atom is -0.504 e.